The lowest BCUT2D eigenvalue weighted by molar-refractivity contribution is 0.0676. The molecule has 1 atom stereocenters. The summed E-state index contributed by atoms with van der Waals surface area (Å²) in [6.07, 6.45) is 8.26. The molecule has 1 unspecified atom stereocenters. The second-order valence-electron chi connectivity index (χ2n) is 6.00. The molecule has 3 rings (SSSR count). The Morgan fingerprint density at radius 1 is 1.35 bits per heavy atom. The van der Waals surface area contributed by atoms with Crippen LogP contribution in [0.3, 0.4) is 0 Å². The number of halogens is 1. The number of thiophene rings is 1. The first-order valence-corrected chi connectivity index (χ1v) is 9.10. The molecule has 0 radical (unpaired) electrons. The normalized spacial score (nSPS) is 22.6. The van der Waals surface area contributed by atoms with Crippen LogP contribution in [0.25, 0.3) is 0 Å². The summed E-state index contributed by atoms with van der Waals surface area (Å²) in [5.74, 6) is 1.56. The van der Waals surface area contributed by atoms with E-state index in [2.05, 4.69) is 11.0 Å². The fourth-order valence-corrected chi connectivity index (χ4v) is 4.92. The van der Waals surface area contributed by atoms with Crippen LogP contribution in [-0.4, -0.2) is 29.8 Å². The summed E-state index contributed by atoms with van der Waals surface area (Å²) in [5, 5.41) is 0. The van der Waals surface area contributed by atoms with Crippen molar-refractivity contribution in [1.29, 1.82) is 0 Å². The van der Waals surface area contributed by atoms with Crippen LogP contribution >= 0.6 is 22.9 Å². The highest BCUT2D eigenvalue weighted by atomic mass is 35.5. The number of piperidine rings is 1. The number of likely N-dealkylation sites (tertiary alicyclic amines) is 1. The van der Waals surface area contributed by atoms with E-state index in [4.69, 9.17) is 11.6 Å². The molecule has 2 aliphatic rings. The summed E-state index contributed by atoms with van der Waals surface area (Å²) in [6.45, 7) is 1.81. The Morgan fingerprint density at radius 2 is 2.20 bits per heavy atom. The van der Waals surface area contributed by atoms with E-state index in [1.54, 1.807) is 11.3 Å². The van der Waals surface area contributed by atoms with Gasteiger partial charge in [-0.25, -0.2) is 0 Å². The number of carbonyl (C=O) groups is 1. The lowest BCUT2D eigenvalue weighted by atomic mass is 9.95. The minimum atomic E-state index is 0.253. The maximum atomic E-state index is 12.7. The summed E-state index contributed by atoms with van der Waals surface area (Å²) in [5.41, 5.74) is 1.43. The summed E-state index contributed by atoms with van der Waals surface area (Å²) in [6, 6.07) is 2.16. The summed E-state index contributed by atoms with van der Waals surface area (Å²) in [7, 11) is 0. The Morgan fingerprint density at radius 3 is 3.00 bits per heavy atom. The quantitative estimate of drug-likeness (QED) is 0.769. The first kappa shape index (κ1) is 14.4. The zero-order valence-corrected chi connectivity index (χ0v) is 13.4. The van der Waals surface area contributed by atoms with Crippen molar-refractivity contribution in [2.45, 2.75) is 44.9 Å². The van der Waals surface area contributed by atoms with Gasteiger partial charge < -0.3 is 4.90 Å². The van der Waals surface area contributed by atoms with Crippen LogP contribution in [0.15, 0.2) is 6.07 Å². The third-order valence-electron chi connectivity index (χ3n) is 4.53. The SMILES string of the molecule is O=C(c1cc2c(s1)CCCC2)N1CCCC(CCCl)C1. The number of rotatable bonds is 3. The Hall–Kier alpha value is -0.540. The van der Waals surface area contributed by atoms with Crippen molar-refractivity contribution >= 4 is 28.8 Å². The van der Waals surface area contributed by atoms with Crippen molar-refractivity contribution in [2.24, 2.45) is 5.92 Å². The average Bonchev–Trinajstić information content (AvgIpc) is 2.91. The van der Waals surface area contributed by atoms with E-state index in [9.17, 15) is 4.79 Å². The van der Waals surface area contributed by atoms with Gasteiger partial charge in [0.1, 0.15) is 0 Å². The molecule has 1 fully saturated rings. The first-order chi connectivity index (χ1) is 9.78. The second-order valence-corrected chi connectivity index (χ2v) is 7.52. The van der Waals surface area contributed by atoms with Crippen LogP contribution in [0.1, 0.15) is 52.2 Å². The van der Waals surface area contributed by atoms with Gasteiger partial charge in [0.2, 0.25) is 0 Å². The fraction of sp³-hybridized carbons (Fsp3) is 0.688. The van der Waals surface area contributed by atoms with Crippen LogP contribution in [0.5, 0.6) is 0 Å². The number of fused-ring (bicyclic) bond motifs is 1. The van der Waals surface area contributed by atoms with E-state index in [0.29, 0.717) is 11.8 Å². The minimum Gasteiger partial charge on any atom is -0.338 e. The minimum absolute atomic E-state index is 0.253. The monoisotopic (exact) mass is 311 g/mol. The van der Waals surface area contributed by atoms with Gasteiger partial charge in [-0.3, -0.25) is 4.79 Å². The van der Waals surface area contributed by atoms with Gasteiger partial charge in [-0.1, -0.05) is 0 Å². The molecule has 1 aromatic rings. The number of carbonyl (C=O) groups excluding carboxylic acids is 1. The lowest BCUT2D eigenvalue weighted by Crippen LogP contribution is -2.39. The van der Waals surface area contributed by atoms with Gasteiger partial charge in [0.15, 0.2) is 0 Å². The largest absolute Gasteiger partial charge is 0.338 e. The molecular formula is C16H22ClNOS. The molecule has 20 heavy (non-hydrogen) atoms. The van der Waals surface area contributed by atoms with Gasteiger partial charge in [0.05, 0.1) is 4.88 Å². The van der Waals surface area contributed by atoms with Gasteiger partial charge in [0.25, 0.3) is 5.91 Å². The fourth-order valence-electron chi connectivity index (χ4n) is 3.39. The molecular weight excluding hydrogens is 290 g/mol. The zero-order chi connectivity index (χ0) is 13.9. The molecule has 0 spiro atoms. The number of nitrogens with zero attached hydrogens (tertiary/aromatic N) is 1. The highest BCUT2D eigenvalue weighted by molar-refractivity contribution is 7.14. The molecule has 0 N–H and O–H groups in total. The van der Waals surface area contributed by atoms with E-state index in [1.807, 2.05) is 0 Å². The van der Waals surface area contributed by atoms with Crippen LogP contribution in [0.2, 0.25) is 0 Å². The average molecular weight is 312 g/mol. The molecule has 110 valence electrons. The molecule has 0 saturated carbocycles. The van der Waals surface area contributed by atoms with E-state index in [1.165, 1.54) is 36.1 Å². The van der Waals surface area contributed by atoms with Gasteiger partial charge in [-0.2, -0.15) is 0 Å². The molecule has 1 amide bonds. The van der Waals surface area contributed by atoms with Crippen molar-refractivity contribution < 1.29 is 4.79 Å². The van der Waals surface area contributed by atoms with Gasteiger partial charge in [0, 0.05) is 23.8 Å². The highest BCUT2D eigenvalue weighted by Gasteiger charge is 2.26. The van der Waals surface area contributed by atoms with Crippen LogP contribution in [0.4, 0.5) is 0 Å². The van der Waals surface area contributed by atoms with Crippen LogP contribution in [-0.2, 0) is 12.8 Å². The Bertz CT molecular complexity index is 459. The Kier molecular flexibility index (Phi) is 4.67. The van der Waals surface area contributed by atoms with E-state index < -0.39 is 0 Å². The predicted octanol–water partition coefficient (Wildman–Crippen LogP) is 4.11. The molecule has 1 aromatic heterocycles. The Labute approximate surface area is 130 Å². The molecule has 1 saturated heterocycles. The number of amides is 1. The molecule has 4 heteroatoms. The summed E-state index contributed by atoms with van der Waals surface area (Å²) >= 11 is 7.58. The molecule has 1 aliphatic heterocycles. The van der Waals surface area contributed by atoms with E-state index in [0.717, 1.165) is 37.2 Å². The maximum absolute atomic E-state index is 12.7. The van der Waals surface area contributed by atoms with Crippen LogP contribution in [0, 0.1) is 5.92 Å². The van der Waals surface area contributed by atoms with Crippen molar-refractivity contribution in [3.8, 4) is 0 Å². The van der Waals surface area contributed by atoms with E-state index in [-0.39, 0.29) is 5.91 Å². The molecule has 0 aromatic carbocycles. The standard InChI is InChI=1S/C16H22ClNOS/c17-8-7-12-4-3-9-18(11-12)16(19)15-10-13-5-1-2-6-14(13)20-15/h10,12H,1-9,11H2. The number of hydrogen-bond donors (Lipinski definition) is 0. The van der Waals surface area contributed by atoms with Gasteiger partial charge >= 0.3 is 0 Å². The molecule has 2 nitrogen and oxygen atoms in total. The smallest absolute Gasteiger partial charge is 0.263 e. The summed E-state index contributed by atoms with van der Waals surface area (Å²) in [4.78, 5) is 17.1. The molecule has 0 bridgehead atoms. The predicted molar refractivity (Wildman–Crippen MR) is 84.9 cm³/mol. The van der Waals surface area contributed by atoms with Crippen molar-refractivity contribution in [3.63, 3.8) is 0 Å². The number of aryl methyl sites for hydroxylation is 2. The van der Waals surface area contributed by atoms with E-state index >= 15 is 0 Å². The van der Waals surface area contributed by atoms with Crippen molar-refractivity contribution in [3.05, 3.63) is 21.4 Å². The molecule has 1 aliphatic carbocycles. The van der Waals surface area contributed by atoms with Gasteiger partial charge in [-0.15, -0.1) is 22.9 Å². The highest BCUT2D eigenvalue weighted by Crippen LogP contribution is 2.31. The lowest BCUT2D eigenvalue weighted by Gasteiger charge is -2.32. The number of hydrogen-bond acceptors (Lipinski definition) is 2. The van der Waals surface area contributed by atoms with Crippen molar-refractivity contribution in [1.82, 2.24) is 4.90 Å². The topological polar surface area (TPSA) is 20.3 Å². The third-order valence-corrected chi connectivity index (χ3v) is 5.97. The van der Waals surface area contributed by atoms with Gasteiger partial charge in [-0.05, 0) is 62.5 Å². The Balaban J connectivity index is 1.70. The molecule has 2 heterocycles. The third kappa shape index (κ3) is 3.04. The first-order valence-electron chi connectivity index (χ1n) is 7.74. The second kappa shape index (κ2) is 6.48. The number of alkyl halides is 1. The zero-order valence-electron chi connectivity index (χ0n) is 11.9. The summed E-state index contributed by atoms with van der Waals surface area (Å²) < 4.78 is 0. The van der Waals surface area contributed by atoms with Crippen LogP contribution < -0.4 is 0 Å². The van der Waals surface area contributed by atoms with Crippen molar-refractivity contribution in [2.75, 3.05) is 19.0 Å². The maximum Gasteiger partial charge on any atom is 0.263 e.